The molecule has 2 aliphatic heterocycles. The maximum absolute atomic E-state index is 13.9. The second-order valence-corrected chi connectivity index (χ2v) is 7.70. The van der Waals surface area contributed by atoms with Crippen LogP contribution in [0.1, 0.15) is 42.5 Å². The van der Waals surface area contributed by atoms with Crippen molar-refractivity contribution in [2.45, 2.75) is 50.2 Å². The number of amides is 3. The van der Waals surface area contributed by atoms with E-state index in [2.05, 4.69) is 10.6 Å². The Morgan fingerprint density at radius 1 is 0.931 bits per heavy atom. The SMILES string of the molecule is O=C(NC1C[C@H]2CCC[C@@H](C1)N2C(=O)Nc1ccccc1F)c1ccc(F)cc1. The molecule has 2 saturated heterocycles. The van der Waals surface area contributed by atoms with E-state index >= 15 is 0 Å². The van der Waals surface area contributed by atoms with Crippen LogP contribution in [0.25, 0.3) is 0 Å². The van der Waals surface area contributed by atoms with E-state index in [-0.39, 0.29) is 41.6 Å². The standard InChI is InChI=1S/C22H23F2N3O2/c23-15-10-8-14(9-11-15)21(28)25-16-12-17-4-3-5-18(13-16)27(17)22(29)26-20-7-2-1-6-19(20)24/h1-2,6-11,16-18H,3-5,12-13H2,(H,25,28)(H,26,29)/t16?,17-,18+. The third kappa shape index (κ3) is 4.23. The molecule has 0 aromatic heterocycles. The van der Waals surface area contributed by atoms with E-state index in [1.165, 1.54) is 30.3 Å². The van der Waals surface area contributed by atoms with Gasteiger partial charge in [0.2, 0.25) is 0 Å². The molecule has 1 unspecified atom stereocenters. The van der Waals surface area contributed by atoms with E-state index in [0.717, 1.165) is 19.3 Å². The number of hydrogen-bond donors (Lipinski definition) is 2. The summed E-state index contributed by atoms with van der Waals surface area (Å²) in [5.74, 6) is -1.09. The first-order chi connectivity index (χ1) is 14.0. The van der Waals surface area contributed by atoms with Crippen LogP contribution in [0.4, 0.5) is 19.3 Å². The van der Waals surface area contributed by atoms with Crippen LogP contribution in [0.3, 0.4) is 0 Å². The number of anilines is 1. The summed E-state index contributed by atoms with van der Waals surface area (Å²) in [5, 5.41) is 5.71. The lowest BCUT2D eigenvalue weighted by atomic mass is 9.82. The molecule has 0 spiro atoms. The Kier molecular flexibility index (Phi) is 5.47. The number of nitrogens with one attached hydrogen (secondary N) is 2. The molecule has 0 radical (unpaired) electrons. The summed E-state index contributed by atoms with van der Waals surface area (Å²) in [4.78, 5) is 27.1. The van der Waals surface area contributed by atoms with E-state index in [1.807, 2.05) is 4.90 Å². The minimum atomic E-state index is -0.465. The van der Waals surface area contributed by atoms with Gasteiger partial charge in [0.1, 0.15) is 11.6 Å². The van der Waals surface area contributed by atoms with E-state index < -0.39 is 5.82 Å². The highest BCUT2D eigenvalue weighted by Gasteiger charge is 2.41. The topological polar surface area (TPSA) is 61.4 Å². The molecule has 4 rings (SSSR count). The van der Waals surface area contributed by atoms with Crippen molar-refractivity contribution in [2.24, 2.45) is 0 Å². The van der Waals surface area contributed by atoms with Crippen LogP contribution < -0.4 is 10.6 Å². The van der Waals surface area contributed by atoms with Crippen molar-refractivity contribution < 1.29 is 18.4 Å². The normalized spacial score (nSPS) is 23.4. The molecule has 29 heavy (non-hydrogen) atoms. The number of hydrogen-bond acceptors (Lipinski definition) is 2. The number of nitrogens with zero attached hydrogens (tertiary/aromatic N) is 1. The predicted molar refractivity (Wildman–Crippen MR) is 106 cm³/mol. The predicted octanol–water partition coefficient (Wildman–Crippen LogP) is 4.31. The lowest BCUT2D eigenvalue weighted by molar-refractivity contribution is 0.0576. The summed E-state index contributed by atoms with van der Waals surface area (Å²) >= 11 is 0. The zero-order chi connectivity index (χ0) is 20.4. The molecule has 2 aliphatic rings. The molecule has 2 bridgehead atoms. The number of benzene rings is 2. The van der Waals surface area contributed by atoms with Crippen molar-refractivity contribution in [1.82, 2.24) is 10.2 Å². The van der Waals surface area contributed by atoms with Gasteiger partial charge in [0.25, 0.3) is 5.91 Å². The molecule has 5 nitrogen and oxygen atoms in total. The Hall–Kier alpha value is -2.96. The van der Waals surface area contributed by atoms with Gasteiger partial charge in [0.05, 0.1) is 5.69 Å². The van der Waals surface area contributed by atoms with Gasteiger partial charge in [0, 0.05) is 23.7 Å². The number of rotatable bonds is 3. The first kappa shape index (κ1) is 19.4. The van der Waals surface area contributed by atoms with Crippen LogP contribution in [0.2, 0.25) is 0 Å². The van der Waals surface area contributed by atoms with Gasteiger partial charge >= 0.3 is 6.03 Å². The fraction of sp³-hybridized carbons (Fsp3) is 0.364. The lowest BCUT2D eigenvalue weighted by Gasteiger charge is -2.48. The van der Waals surface area contributed by atoms with Gasteiger partial charge in [-0.3, -0.25) is 4.79 Å². The molecular weight excluding hydrogens is 376 g/mol. The van der Waals surface area contributed by atoms with Gasteiger partial charge in [-0.1, -0.05) is 12.1 Å². The number of halogens is 2. The first-order valence-corrected chi connectivity index (χ1v) is 9.91. The van der Waals surface area contributed by atoms with Crippen LogP contribution >= 0.6 is 0 Å². The Balaban J connectivity index is 1.42. The van der Waals surface area contributed by atoms with E-state index in [0.29, 0.717) is 18.4 Å². The molecule has 2 aromatic rings. The Morgan fingerprint density at radius 3 is 2.24 bits per heavy atom. The maximum Gasteiger partial charge on any atom is 0.322 e. The number of carbonyl (C=O) groups excluding carboxylic acids is 2. The number of para-hydroxylation sites is 1. The van der Waals surface area contributed by atoms with Gasteiger partial charge in [0.15, 0.2) is 0 Å². The quantitative estimate of drug-likeness (QED) is 0.808. The highest BCUT2D eigenvalue weighted by molar-refractivity contribution is 5.94. The molecule has 0 aliphatic carbocycles. The molecule has 2 aromatic carbocycles. The summed E-state index contributed by atoms with van der Waals surface area (Å²) in [6.07, 6.45) is 4.02. The average molecular weight is 399 g/mol. The van der Waals surface area contributed by atoms with Crippen LogP contribution in [0.5, 0.6) is 0 Å². The number of piperidine rings is 2. The summed E-state index contributed by atoms with van der Waals surface area (Å²) < 4.78 is 27.0. The van der Waals surface area contributed by atoms with Crippen LogP contribution in [-0.2, 0) is 0 Å². The highest BCUT2D eigenvalue weighted by Crippen LogP contribution is 2.35. The minimum absolute atomic E-state index is 0.00667. The van der Waals surface area contributed by atoms with Gasteiger partial charge in [-0.15, -0.1) is 0 Å². The summed E-state index contributed by atoms with van der Waals surface area (Å²) in [7, 11) is 0. The highest BCUT2D eigenvalue weighted by atomic mass is 19.1. The summed E-state index contributed by atoms with van der Waals surface area (Å²) in [6.45, 7) is 0. The minimum Gasteiger partial charge on any atom is -0.349 e. The van der Waals surface area contributed by atoms with Crippen LogP contribution in [0.15, 0.2) is 48.5 Å². The second-order valence-electron chi connectivity index (χ2n) is 7.70. The van der Waals surface area contributed by atoms with Crippen molar-refractivity contribution in [3.63, 3.8) is 0 Å². The van der Waals surface area contributed by atoms with Crippen molar-refractivity contribution in [3.05, 3.63) is 65.7 Å². The smallest absolute Gasteiger partial charge is 0.322 e. The largest absolute Gasteiger partial charge is 0.349 e. The van der Waals surface area contributed by atoms with Gasteiger partial charge in [-0.25, -0.2) is 13.6 Å². The maximum atomic E-state index is 13.9. The van der Waals surface area contributed by atoms with Gasteiger partial charge in [-0.05, 0) is 68.5 Å². The third-order valence-corrected chi connectivity index (χ3v) is 5.77. The zero-order valence-electron chi connectivity index (χ0n) is 15.9. The molecular formula is C22H23F2N3O2. The molecule has 3 atom stereocenters. The Bertz CT molecular complexity index is 889. The summed E-state index contributed by atoms with van der Waals surface area (Å²) in [6, 6.07) is 11.2. The number of carbonyl (C=O) groups is 2. The van der Waals surface area contributed by atoms with E-state index in [1.54, 1.807) is 18.2 Å². The van der Waals surface area contributed by atoms with Gasteiger partial charge in [-0.2, -0.15) is 0 Å². The summed E-state index contributed by atoms with van der Waals surface area (Å²) in [5.41, 5.74) is 0.582. The monoisotopic (exact) mass is 399 g/mol. The van der Waals surface area contributed by atoms with E-state index in [4.69, 9.17) is 0 Å². The Morgan fingerprint density at radius 2 is 1.59 bits per heavy atom. The fourth-order valence-electron chi connectivity index (χ4n) is 4.44. The van der Waals surface area contributed by atoms with Crippen molar-refractivity contribution in [3.8, 4) is 0 Å². The zero-order valence-corrected chi connectivity index (χ0v) is 15.9. The number of urea groups is 1. The molecule has 2 fully saturated rings. The fourth-order valence-corrected chi connectivity index (χ4v) is 4.44. The van der Waals surface area contributed by atoms with Crippen molar-refractivity contribution in [1.29, 1.82) is 0 Å². The molecule has 3 amide bonds. The van der Waals surface area contributed by atoms with E-state index in [9.17, 15) is 18.4 Å². The van der Waals surface area contributed by atoms with Gasteiger partial charge < -0.3 is 15.5 Å². The second kappa shape index (κ2) is 8.19. The van der Waals surface area contributed by atoms with Crippen LogP contribution in [0, 0.1) is 11.6 Å². The average Bonchev–Trinajstić information content (AvgIpc) is 2.69. The molecule has 2 heterocycles. The van der Waals surface area contributed by atoms with Crippen molar-refractivity contribution in [2.75, 3.05) is 5.32 Å². The Labute approximate surface area is 168 Å². The lowest BCUT2D eigenvalue weighted by Crippen LogP contribution is -2.59. The number of fused-ring (bicyclic) bond motifs is 2. The molecule has 7 heteroatoms. The molecule has 2 N–H and O–H groups in total. The van der Waals surface area contributed by atoms with Crippen LogP contribution in [-0.4, -0.2) is 35.0 Å². The first-order valence-electron chi connectivity index (χ1n) is 9.91. The van der Waals surface area contributed by atoms with Crippen molar-refractivity contribution >= 4 is 17.6 Å². The molecule has 0 saturated carbocycles. The third-order valence-electron chi connectivity index (χ3n) is 5.77. The molecule has 152 valence electrons.